The summed E-state index contributed by atoms with van der Waals surface area (Å²) < 4.78 is 0. The third-order valence-corrected chi connectivity index (χ3v) is 3.65. The summed E-state index contributed by atoms with van der Waals surface area (Å²) in [5.41, 5.74) is 4.97. The summed E-state index contributed by atoms with van der Waals surface area (Å²) in [7, 11) is 1.98. The second kappa shape index (κ2) is 6.56. The van der Waals surface area contributed by atoms with Crippen LogP contribution in [0.15, 0.2) is 0 Å². The molecule has 3 amide bonds. The van der Waals surface area contributed by atoms with E-state index in [2.05, 4.69) is 10.2 Å². The molecule has 3 atom stereocenters. The number of carbonyl (C=O) groups is 3. The summed E-state index contributed by atoms with van der Waals surface area (Å²) in [4.78, 5) is 37.6. The first kappa shape index (κ1) is 16.2. The molecular formula is C12H22N4O4. The third kappa shape index (κ3) is 4.09. The van der Waals surface area contributed by atoms with E-state index in [4.69, 9.17) is 10.8 Å². The van der Waals surface area contributed by atoms with Crippen molar-refractivity contribution in [3.63, 3.8) is 0 Å². The summed E-state index contributed by atoms with van der Waals surface area (Å²) in [6, 6.07) is -1.40. The topological polar surface area (TPSA) is 116 Å². The monoisotopic (exact) mass is 286 g/mol. The van der Waals surface area contributed by atoms with E-state index in [0.29, 0.717) is 13.1 Å². The highest BCUT2D eigenvalue weighted by Crippen LogP contribution is 2.13. The third-order valence-electron chi connectivity index (χ3n) is 3.65. The number of aliphatic carboxylic acids is 1. The lowest BCUT2D eigenvalue weighted by Gasteiger charge is -2.42. The Morgan fingerprint density at radius 2 is 1.80 bits per heavy atom. The molecule has 2 unspecified atom stereocenters. The lowest BCUT2D eigenvalue weighted by Crippen LogP contribution is -2.60. The number of likely N-dealkylation sites (N-methyl/N-ethyl adjacent to an activating group) is 1. The van der Waals surface area contributed by atoms with Crippen LogP contribution in [-0.2, 0) is 9.59 Å². The Balaban J connectivity index is 2.65. The molecule has 0 aromatic carbocycles. The molecule has 0 aromatic heterocycles. The first-order valence-electron chi connectivity index (χ1n) is 6.50. The number of amides is 3. The summed E-state index contributed by atoms with van der Waals surface area (Å²) in [6.45, 7) is 5.01. The number of carboxylic acid groups (broad SMARTS) is 1. The number of urea groups is 1. The molecule has 0 bridgehead atoms. The van der Waals surface area contributed by atoms with Gasteiger partial charge in [-0.05, 0) is 20.9 Å². The molecule has 1 saturated heterocycles. The zero-order valence-corrected chi connectivity index (χ0v) is 12.0. The minimum Gasteiger partial charge on any atom is -0.480 e. The Morgan fingerprint density at radius 1 is 1.30 bits per heavy atom. The first-order chi connectivity index (χ1) is 9.22. The molecule has 0 saturated carbocycles. The summed E-state index contributed by atoms with van der Waals surface area (Å²) in [5.74, 6) is -2.04. The van der Waals surface area contributed by atoms with Crippen LogP contribution in [0.3, 0.4) is 0 Å². The zero-order chi connectivity index (χ0) is 15.4. The summed E-state index contributed by atoms with van der Waals surface area (Å²) in [5, 5.41) is 11.3. The van der Waals surface area contributed by atoms with E-state index in [0.717, 1.165) is 0 Å². The molecular weight excluding hydrogens is 264 g/mol. The van der Waals surface area contributed by atoms with Crippen LogP contribution in [0.4, 0.5) is 4.79 Å². The SMILES string of the molecule is CC1CN(C(=O)N[C@H](CC(N)=O)C(=O)O)CC(C)N1C. The van der Waals surface area contributed by atoms with Crippen LogP contribution in [0.25, 0.3) is 0 Å². The Bertz CT molecular complexity index is 389. The predicted molar refractivity (Wildman–Crippen MR) is 72.0 cm³/mol. The van der Waals surface area contributed by atoms with Crippen molar-refractivity contribution in [2.75, 3.05) is 20.1 Å². The number of piperazine rings is 1. The number of carboxylic acids is 1. The fraction of sp³-hybridized carbons (Fsp3) is 0.750. The maximum atomic E-state index is 12.1. The number of carbonyl (C=O) groups excluding carboxylic acids is 2. The van der Waals surface area contributed by atoms with Crippen LogP contribution in [-0.4, -0.2) is 71.1 Å². The molecule has 0 aliphatic carbocycles. The Kier molecular flexibility index (Phi) is 5.32. The van der Waals surface area contributed by atoms with Crippen molar-refractivity contribution in [3.05, 3.63) is 0 Å². The highest BCUT2D eigenvalue weighted by atomic mass is 16.4. The molecule has 1 fully saturated rings. The Hall–Kier alpha value is -1.83. The van der Waals surface area contributed by atoms with Gasteiger partial charge in [0.15, 0.2) is 0 Å². The lowest BCUT2D eigenvalue weighted by atomic mass is 10.1. The second-order valence-corrected chi connectivity index (χ2v) is 5.28. The molecule has 8 heteroatoms. The zero-order valence-electron chi connectivity index (χ0n) is 12.0. The van der Waals surface area contributed by atoms with Gasteiger partial charge in [-0.25, -0.2) is 9.59 Å². The molecule has 20 heavy (non-hydrogen) atoms. The van der Waals surface area contributed by atoms with Crippen LogP contribution in [0.1, 0.15) is 20.3 Å². The maximum absolute atomic E-state index is 12.1. The van der Waals surface area contributed by atoms with Crippen LogP contribution in [0, 0.1) is 0 Å². The summed E-state index contributed by atoms with van der Waals surface area (Å²) >= 11 is 0. The standard InChI is InChI=1S/C12H22N4O4/c1-7-5-16(6-8(2)15(7)3)12(20)14-9(11(18)19)4-10(13)17/h7-9H,4-6H2,1-3H3,(H2,13,17)(H,14,20)(H,18,19)/t7?,8?,9-/m1/s1. The second-order valence-electron chi connectivity index (χ2n) is 5.28. The van der Waals surface area contributed by atoms with Crippen LogP contribution in [0.5, 0.6) is 0 Å². The molecule has 1 rings (SSSR count). The Labute approximate surface area is 117 Å². The van der Waals surface area contributed by atoms with Crippen molar-refractivity contribution in [2.45, 2.75) is 38.4 Å². The molecule has 114 valence electrons. The fourth-order valence-corrected chi connectivity index (χ4v) is 2.21. The van der Waals surface area contributed by atoms with Gasteiger partial charge < -0.3 is 21.1 Å². The molecule has 0 aromatic rings. The van der Waals surface area contributed by atoms with Gasteiger partial charge in [0.1, 0.15) is 6.04 Å². The summed E-state index contributed by atoms with van der Waals surface area (Å²) in [6.07, 6.45) is -0.417. The van der Waals surface area contributed by atoms with Gasteiger partial charge in [-0.2, -0.15) is 0 Å². The number of nitrogens with zero attached hydrogens (tertiary/aromatic N) is 2. The van der Waals surface area contributed by atoms with Crippen molar-refractivity contribution in [3.8, 4) is 0 Å². The number of nitrogens with one attached hydrogen (secondary N) is 1. The van der Waals surface area contributed by atoms with Crippen LogP contribution in [0.2, 0.25) is 0 Å². The van der Waals surface area contributed by atoms with E-state index in [-0.39, 0.29) is 12.1 Å². The first-order valence-corrected chi connectivity index (χ1v) is 6.50. The van der Waals surface area contributed by atoms with E-state index >= 15 is 0 Å². The highest BCUT2D eigenvalue weighted by Gasteiger charge is 2.31. The number of primary amides is 1. The predicted octanol–water partition coefficient (Wildman–Crippen LogP) is -0.951. The van der Waals surface area contributed by atoms with Crippen LogP contribution < -0.4 is 11.1 Å². The molecule has 8 nitrogen and oxygen atoms in total. The fourth-order valence-electron chi connectivity index (χ4n) is 2.21. The van der Waals surface area contributed by atoms with E-state index in [1.165, 1.54) is 0 Å². The number of rotatable bonds is 4. The van der Waals surface area contributed by atoms with E-state index < -0.39 is 30.4 Å². The van der Waals surface area contributed by atoms with Crippen LogP contribution >= 0.6 is 0 Å². The molecule has 0 radical (unpaired) electrons. The molecule has 1 heterocycles. The van der Waals surface area contributed by atoms with Crippen molar-refractivity contribution in [2.24, 2.45) is 5.73 Å². The molecule has 1 aliphatic rings. The average Bonchev–Trinajstić information content (AvgIpc) is 2.33. The minimum atomic E-state index is -1.29. The van der Waals surface area contributed by atoms with Gasteiger partial charge in [0.05, 0.1) is 6.42 Å². The van der Waals surface area contributed by atoms with Gasteiger partial charge in [0.2, 0.25) is 5.91 Å². The largest absolute Gasteiger partial charge is 0.480 e. The number of nitrogens with two attached hydrogens (primary N) is 1. The molecule has 1 aliphatic heterocycles. The smallest absolute Gasteiger partial charge is 0.326 e. The lowest BCUT2D eigenvalue weighted by molar-refractivity contribution is -0.141. The van der Waals surface area contributed by atoms with Gasteiger partial charge in [-0.3, -0.25) is 9.69 Å². The number of hydrogen-bond acceptors (Lipinski definition) is 4. The van der Waals surface area contributed by atoms with Gasteiger partial charge in [-0.1, -0.05) is 0 Å². The quantitative estimate of drug-likeness (QED) is 0.616. The van der Waals surface area contributed by atoms with Gasteiger partial charge in [0.25, 0.3) is 0 Å². The van der Waals surface area contributed by atoms with Crippen molar-refractivity contribution in [1.82, 2.24) is 15.1 Å². The highest BCUT2D eigenvalue weighted by molar-refractivity contribution is 5.87. The maximum Gasteiger partial charge on any atom is 0.326 e. The van der Waals surface area contributed by atoms with Crippen molar-refractivity contribution in [1.29, 1.82) is 0 Å². The van der Waals surface area contributed by atoms with E-state index in [9.17, 15) is 14.4 Å². The average molecular weight is 286 g/mol. The van der Waals surface area contributed by atoms with Gasteiger partial charge in [0, 0.05) is 25.2 Å². The van der Waals surface area contributed by atoms with Gasteiger partial charge >= 0.3 is 12.0 Å². The van der Waals surface area contributed by atoms with Gasteiger partial charge in [-0.15, -0.1) is 0 Å². The van der Waals surface area contributed by atoms with E-state index in [1.807, 2.05) is 20.9 Å². The molecule has 4 N–H and O–H groups in total. The molecule has 0 spiro atoms. The van der Waals surface area contributed by atoms with Crippen molar-refractivity contribution >= 4 is 17.9 Å². The Morgan fingerprint density at radius 3 is 2.20 bits per heavy atom. The normalized spacial score (nSPS) is 25.1. The number of hydrogen-bond donors (Lipinski definition) is 3. The minimum absolute atomic E-state index is 0.184. The van der Waals surface area contributed by atoms with E-state index in [1.54, 1.807) is 4.90 Å². The van der Waals surface area contributed by atoms with Crippen molar-refractivity contribution < 1.29 is 19.5 Å².